The van der Waals surface area contributed by atoms with Crippen molar-refractivity contribution in [1.29, 1.82) is 5.26 Å². The van der Waals surface area contributed by atoms with Crippen LogP contribution in [-0.4, -0.2) is 65.2 Å². The van der Waals surface area contributed by atoms with Crippen LogP contribution in [0.4, 0.5) is 10.2 Å². The van der Waals surface area contributed by atoms with Crippen LogP contribution in [0.2, 0.25) is 0 Å². The van der Waals surface area contributed by atoms with E-state index in [0.717, 1.165) is 67.1 Å². The monoisotopic (exact) mass is 581 g/mol. The summed E-state index contributed by atoms with van der Waals surface area (Å²) in [6, 6.07) is 11.0. The molecular formula is C33H36FN7O2. The number of amides is 1. The second kappa shape index (κ2) is 10.7. The first kappa shape index (κ1) is 28.6. The number of hydrogen-bond acceptors (Lipinski definition) is 7. The number of hydrogen-bond donors (Lipinski definition) is 1. The predicted molar refractivity (Wildman–Crippen MR) is 163 cm³/mol. The third kappa shape index (κ3) is 5.30. The molecule has 3 aromatic heterocycles. The average Bonchev–Trinajstić information content (AvgIpc) is 3.39. The number of pyridine rings is 2. The lowest BCUT2D eigenvalue weighted by Gasteiger charge is -2.45. The summed E-state index contributed by atoms with van der Waals surface area (Å²) in [5.41, 5.74) is 10.1. The number of nitrogens with zero attached hydrogens (tertiary/aromatic N) is 6. The Morgan fingerprint density at radius 1 is 1.16 bits per heavy atom. The summed E-state index contributed by atoms with van der Waals surface area (Å²) >= 11 is 0. The zero-order chi connectivity index (χ0) is 30.5. The maximum Gasteiger partial charge on any atom is 0.249 e. The standard InChI is InChI=1S/C33H36FN7O2/c1-21-26(31(36)42)11-24(34)12-28(21)33(3)7-9-40(10-8-33)29-6-5-22(15-37-29)27-13-25(43-20-32(2)18-39(4)19-32)17-41-30(27)23(14-35)16-38-41/h5-6,11-13,15-17H,7-10,18-20H2,1-4H3,(H2,36,42). The molecule has 1 aromatic carbocycles. The number of rotatable bonds is 7. The average molecular weight is 582 g/mol. The predicted octanol–water partition coefficient (Wildman–Crippen LogP) is 4.70. The molecule has 0 unspecified atom stereocenters. The number of likely N-dealkylation sites (tertiary alicyclic amines) is 1. The van der Waals surface area contributed by atoms with Crippen molar-refractivity contribution in [2.24, 2.45) is 11.1 Å². The number of nitrogens with two attached hydrogens (primary N) is 1. The molecule has 0 saturated carbocycles. The largest absolute Gasteiger partial charge is 0.491 e. The minimum atomic E-state index is -0.615. The number of ether oxygens (including phenoxy) is 1. The smallest absolute Gasteiger partial charge is 0.249 e. The van der Waals surface area contributed by atoms with Crippen LogP contribution in [-0.2, 0) is 5.41 Å². The van der Waals surface area contributed by atoms with Crippen molar-refractivity contribution in [3.63, 3.8) is 0 Å². The zero-order valence-electron chi connectivity index (χ0n) is 25.0. The highest BCUT2D eigenvalue weighted by molar-refractivity contribution is 5.94. The molecule has 43 heavy (non-hydrogen) atoms. The first-order valence-corrected chi connectivity index (χ1v) is 14.5. The number of primary amides is 1. The van der Waals surface area contributed by atoms with E-state index in [-0.39, 0.29) is 16.4 Å². The van der Waals surface area contributed by atoms with Crippen molar-refractivity contribution >= 4 is 17.2 Å². The number of aromatic nitrogens is 3. The van der Waals surface area contributed by atoms with Gasteiger partial charge in [0.05, 0.1) is 30.1 Å². The molecule has 4 aromatic rings. The van der Waals surface area contributed by atoms with E-state index >= 15 is 0 Å². The van der Waals surface area contributed by atoms with Crippen LogP contribution in [0.15, 0.2) is 48.9 Å². The molecule has 0 atom stereocenters. The van der Waals surface area contributed by atoms with Crippen molar-refractivity contribution in [2.45, 2.75) is 39.0 Å². The summed E-state index contributed by atoms with van der Waals surface area (Å²) in [4.78, 5) is 21.2. The van der Waals surface area contributed by atoms with E-state index in [0.29, 0.717) is 23.4 Å². The van der Waals surface area contributed by atoms with Gasteiger partial charge in [-0.2, -0.15) is 10.4 Å². The number of anilines is 1. The van der Waals surface area contributed by atoms with Gasteiger partial charge in [0.1, 0.15) is 23.5 Å². The Hall–Kier alpha value is -4.49. The van der Waals surface area contributed by atoms with Gasteiger partial charge in [-0.1, -0.05) is 13.8 Å². The van der Waals surface area contributed by atoms with Crippen molar-refractivity contribution in [2.75, 3.05) is 44.7 Å². The second-order valence-corrected chi connectivity index (χ2v) is 12.8. The van der Waals surface area contributed by atoms with Crippen LogP contribution in [0.25, 0.3) is 16.6 Å². The topological polar surface area (TPSA) is 113 Å². The third-order valence-corrected chi connectivity index (χ3v) is 9.14. The normalized spacial score (nSPS) is 17.8. The number of fused-ring (bicyclic) bond motifs is 1. The van der Waals surface area contributed by atoms with Crippen LogP contribution >= 0.6 is 0 Å². The van der Waals surface area contributed by atoms with Gasteiger partial charge < -0.3 is 20.3 Å². The van der Waals surface area contributed by atoms with E-state index in [9.17, 15) is 14.4 Å². The molecule has 0 bridgehead atoms. The van der Waals surface area contributed by atoms with Gasteiger partial charge in [-0.25, -0.2) is 13.9 Å². The van der Waals surface area contributed by atoms with Crippen LogP contribution in [0.3, 0.4) is 0 Å². The van der Waals surface area contributed by atoms with Gasteiger partial charge in [0.2, 0.25) is 5.91 Å². The van der Waals surface area contributed by atoms with E-state index in [1.807, 2.05) is 37.5 Å². The quantitative estimate of drug-likeness (QED) is 0.337. The Bertz CT molecular complexity index is 1740. The summed E-state index contributed by atoms with van der Waals surface area (Å²) in [7, 11) is 2.10. The fourth-order valence-corrected chi connectivity index (χ4v) is 6.88. The molecule has 1 amide bonds. The number of carbonyl (C=O) groups is 1. The van der Waals surface area contributed by atoms with Gasteiger partial charge in [-0.3, -0.25) is 4.79 Å². The molecule has 222 valence electrons. The van der Waals surface area contributed by atoms with Gasteiger partial charge in [0.15, 0.2) is 0 Å². The molecule has 0 spiro atoms. The number of benzene rings is 1. The van der Waals surface area contributed by atoms with E-state index in [1.165, 1.54) is 6.07 Å². The highest BCUT2D eigenvalue weighted by Gasteiger charge is 2.37. The summed E-state index contributed by atoms with van der Waals surface area (Å²) in [6.07, 6.45) is 6.77. The number of halogens is 1. The Balaban J connectivity index is 1.22. The molecule has 2 saturated heterocycles. The third-order valence-electron chi connectivity index (χ3n) is 9.14. The van der Waals surface area contributed by atoms with Crippen molar-refractivity contribution in [3.05, 3.63) is 77.0 Å². The molecular weight excluding hydrogens is 545 g/mol. The van der Waals surface area contributed by atoms with Crippen molar-refractivity contribution in [1.82, 2.24) is 19.5 Å². The van der Waals surface area contributed by atoms with Gasteiger partial charge in [-0.05, 0) is 73.7 Å². The number of carbonyl (C=O) groups excluding carboxylic acids is 1. The summed E-state index contributed by atoms with van der Waals surface area (Å²) in [5.74, 6) is 0.481. The second-order valence-electron chi connectivity index (χ2n) is 12.8. The molecule has 2 fully saturated rings. The van der Waals surface area contributed by atoms with Crippen LogP contribution < -0.4 is 15.4 Å². The molecule has 9 nitrogen and oxygen atoms in total. The molecule has 2 N–H and O–H groups in total. The Morgan fingerprint density at radius 3 is 2.53 bits per heavy atom. The summed E-state index contributed by atoms with van der Waals surface area (Å²) in [5, 5.41) is 14.2. The Morgan fingerprint density at radius 2 is 1.91 bits per heavy atom. The molecule has 0 aliphatic carbocycles. The lowest BCUT2D eigenvalue weighted by atomic mass is 9.72. The van der Waals surface area contributed by atoms with Gasteiger partial charge in [-0.15, -0.1) is 0 Å². The maximum atomic E-state index is 14.4. The summed E-state index contributed by atoms with van der Waals surface area (Å²) in [6.45, 7) is 10.2. The van der Waals surface area contributed by atoms with Gasteiger partial charge in [0, 0.05) is 54.5 Å². The number of nitriles is 1. The van der Waals surface area contributed by atoms with E-state index in [2.05, 4.69) is 41.9 Å². The zero-order valence-corrected chi connectivity index (χ0v) is 25.0. The fraction of sp³-hybridized carbons (Fsp3) is 0.394. The molecule has 10 heteroatoms. The van der Waals surface area contributed by atoms with E-state index in [1.54, 1.807) is 16.8 Å². The lowest BCUT2D eigenvalue weighted by Crippen LogP contribution is -2.55. The van der Waals surface area contributed by atoms with Crippen LogP contribution in [0.5, 0.6) is 5.75 Å². The van der Waals surface area contributed by atoms with E-state index in [4.69, 9.17) is 15.5 Å². The van der Waals surface area contributed by atoms with E-state index < -0.39 is 11.7 Å². The molecule has 0 radical (unpaired) electrons. The van der Waals surface area contributed by atoms with Crippen LogP contribution in [0, 0.1) is 29.5 Å². The Labute approximate surface area is 250 Å². The highest BCUT2D eigenvalue weighted by Crippen LogP contribution is 2.40. The lowest BCUT2D eigenvalue weighted by molar-refractivity contribution is -0.00148. The number of piperidine rings is 1. The highest BCUT2D eigenvalue weighted by atomic mass is 19.1. The minimum absolute atomic E-state index is 0.108. The van der Waals surface area contributed by atoms with Crippen molar-refractivity contribution in [3.8, 4) is 22.9 Å². The van der Waals surface area contributed by atoms with Gasteiger partial charge in [0.25, 0.3) is 0 Å². The molecule has 2 aliphatic rings. The molecule has 5 heterocycles. The molecule has 2 aliphatic heterocycles. The SMILES string of the molecule is Cc1c(C(N)=O)cc(F)cc1C1(C)CCN(c2ccc(-c3cc(OCC4(C)CN(C)C4)cn4ncc(C#N)c34)cn2)CC1. The maximum absolute atomic E-state index is 14.4. The summed E-state index contributed by atoms with van der Waals surface area (Å²) < 4.78 is 22.4. The fourth-order valence-electron chi connectivity index (χ4n) is 6.88. The van der Waals surface area contributed by atoms with Crippen molar-refractivity contribution < 1.29 is 13.9 Å². The first-order valence-electron chi connectivity index (χ1n) is 14.5. The molecule has 6 rings (SSSR count). The van der Waals surface area contributed by atoms with Gasteiger partial charge >= 0.3 is 0 Å². The first-order chi connectivity index (χ1) is 20.5. The Kier molecular flexibility index (Phi) is 7.09. The van der Waals surface area contributed by atoms with Crippen LogP contribution in [0.1, 0.15) is 53.7 Å². The minimum Gasteiger partial charge on any atom is -0.491 e.